The summed E-state index contributed by atoms with van der Waals surface area (Å²) in [5.74, 6) is -8.52. The second-order valence-corrected chi connectivity index (χ2v) is 29.1. The zero-order valence-corrected chi connectivity index (χ0v) is 57.5. The summed E-state index contributed by atoms with van der Waals surface area (Å²) in [6.45, 7) is 21.8. The van der Waals surface area contributed by atoms with Crippen LogP contribution in [-0.4, -0.2) is 171 Å². The molecule has 4 aromatic rings. The van der Waals surface area contributed by atoms with Crippen LogP contribution in [0.2, 0.25) is 0 Å². The Morgan fingerprint density at radius 1 is 0.531 bits per heavy atom. The van der Waals surface area contributed by atoms with Gasteiger partial charge in [0.15, 0.2) is 0 Å². The zero-order valence-electron chi connectivity index (χ0n) is 57.5. The molecule has 4 fully saturated rings. The standard InChI is InChI=1S/C36H44F2N4O7.C34H40F2N4O7.Li.H2O/c1-8-47-32(45)36(18-25(36)29(37)38)40-30(43)26-17-20(19-42(26)31(44)28(34(2,3)4)39-33(46)48-35(5,6)7)49-41-27-23-15-11-9-13-21(23)22-14-10-12-16-24(22)27;1-32(2,3)26(37-31(45)46-33(4,5)6)29(42)40-17-18(15-24(40)28(41)38-34(30(43)44)16-23(34)27(35)36)47-39-25-21-13-9-7-11-19(21)20-12-8-10-14-22(20)25;;/h9-16,20,25-26,28-29H,8,17-19H2,1-7H3,(H,39,46)(H,40,43);7-14,18,23-24,26-27H,15-17H2,1-6H3,(H,37,45)(H,38,41)(H,43,44);;1H2/q;;+1;/p-1/t20-,25+,26+,28-,36-;18-,23+,24+,26-,34-;;/m11../s1. The van der Waals surface area contributed by atoms with Gasteiger partial charge in [0.05, 0.1) is 31.5 Å². The minimum absolute atomic E-state index is 0. The second-order valence-electron chi connectivity index (χ2n) is 29.1. The van der Waals surface area contributed by atoms with Crippen LogP contribution in [0.25, 0.3) is 22.3 Å². The molecule has 0 radical (unpaired) electrons. The molecule has 0 bridgehead atoms. The predicted molar refractivity (Wildman–Crippen MR) is 346 cm³/mol. The van der Waals surface area contributed by atoms with Crippen LogP contribution in [-0.2, 0) is 52.7 Å². The number of carboxylic acid groups (broad SMARTS) is 1. The first kappa shape index (κ1) is 76.8. The number of carboxylic acids is 1. The van der Waals surface area contributed by atoms with Gasteiger partial charge in [-0.15, -0.1) is 0 Å². The number of hydrogen-bond donors (Lipinski definition) is 5. The number of benzene rings is 4. The van der Waals surface area contributed by atoms with E-state index in [0.29, 0.717) is 11.4 Å². The molecule has 23 nitrogen and oxygen atoms in total. The number of esters is 1. The first-order valence-corrected chi connectivity index (χ1v) is 32.0. The summed E-state index contributed by atoms with van der Waals surface area (Å²) < 4.78 is 70.6. The number of oxime groups is 2. The van der Waals surface area contributed by atoms with Crippen molar-refractivity contribution in [2.75, 3.05) is 19.7 Å². The van der Waals surface area contributed by atoms with Crippen molar-refractivity contribution in [3.63, 3.8) is 0 Å². The van der Waals surface area contributed by atoms with Crippen molar-refractivity contribution in [2.24, 2.45) is 33.0 Å². The average Bonchev–Trinajstić information content (AvgIpc) is 1.58. The van der Waals surface area contributed by atoms with E-state index in [1.165, 1.54) is 9.80 Å². The van der Waals surface area contributed by atoms with Gasteiger partial charge in [-0.05, 0) is 94.4 Å². The molecule has 6 aliphatic rings. The number of halogens is 4. The average molecular weight is 1360 g/mol. The molecule has 0 unspecified atom stereocenters. The number of rotatable bonds is 17. The molecule has 98 heavy (non-hydrogen) atoms. The Kier molecular flexibility index (Phi) is 23.1. The molecular formula is C70H85F4LiN8O15. The molecule has 2 heterocycles. The van der Waals surface area contributed by atoms with Gasteiger partial charge in [0, 0.05) is 35.1 Å². The molecule has 6 amide bonds. The number of carbonyl (C=O) groups is 8. The number of hydrogen-bond acceptors (Lipinski definition) is 16. The summed E-state index contributed by atoms with van der Waals surface area (Å²) in [7, 11) is 0. The summed E-state index contributed by atoms with van der Waals surface area (Å²) in [5, 5.41) is 28.8. The Hall–Kier alpha value is -8.54. The number of alkyl halides is 4. The topological polar surface area (TPSA) is 312 Å². The Morgan fingerprint density at radius 3 is 1.11 bits per heavy atom. The molecular weight excluding hydrogens is 1280 g/mol. The van der Waals surface area contributed by atoms with Crippen molar-refractivity contribution in [2.45, 2.75) is 187 Å². The van der Waals surface area contributed by atoms with Gasteiger partial charge < -0.3 is 65.5 Å². The monoisotopic (exact) mass is 1360 g/mol. The Labute approximate surface area is 578 Å². The minimum Gasteiger partial charge on any atom is -0.870 e. The molecule has 10 rings (SSSR count). The number of carbonyl (C=O) groups excluding carboxylic acids is 7. The fourth-order valence-corrected chi connectivity index (χ4v) is 12.6. The summed E-state index contributed by atoms with van der Waals surface area (Å²) >= 11 is 0. The van der Waals surface area contributed by atoms with Crippen molar-refractivity contribution in [3.8, 4) is 22.3 Å². The molecule has 10 atom stereocenters. The minimum atomic E-state index is -2.96. The Balaban J connectivity index is 0.000000271. The van der Waals surface area contributed by atoms with Gasteiger partial charge in [-0.1, -0.05) is 149 Å². The molecule has 2 saturated heterocycles. The summed E-state index contributed by atoms with van der Waals surface area (Å²) in [4.78, 5) is 121. The summed E-state index contributed by atoms with van der Waals surface area (Å²) in [5.41, 5.74) is 1.08. The number of aliphatic carboxylic acids is 1. The maximum atomic E-state index is 14.3. The molecule has 0 aromatic heterocycles. The third-order valence-electron chi connectivity index (χ3n) is 17.5. The third-order valence-corrected chi connectivity index (χ3v) is 17.5. The van der Waals surface area contributed by atoms with Crippen LogP contribution in [0, 0.1) is 22.7 Å². The van der Waals surface area contributed by atoms with Gasteiger partial charge in [-0.25, -0.2) is 36.7 Å². The van der Waals surface area contributed by atoms with Crippen LogP contribution in [0.3, 0.4) is 0 Å². The molecule has 2 aliphatic heterocycles. The number of nitrogens with zero attached hydrogens (tertiary/aromatic N) is 4. The molecule has 524 valence electrons. The molecule has 6 N–H and O–H groups in total. The van der Waals surface area contributed by atoms with E-state index < -0.39 is 148 Å². The number of fused-ring (bicyclic) bond motifs is 6. The second kappa shape index (κ2) is 29.5. The van der Waals surface area contributed by atoms with Crippen molar-refractivity contribution >= 4 is 59.2 Å². The molecule has 28 heteroatoms. The quantitative estimate of drug-likeness (QED) is 0.0216. The van der Waals surface area contributed by atoms with Crippen molar-refractivity contribution < 1.29 is 109 Å². The van der Waals surface area contributed by atoms with E-state index in [1.54, 1.807) is 90.0 Å². The fraction of sp³-hybridized carbons (Fsp3) is 0.514. The van der Waals surface area contributed by atoms with E-state index in [-0.39, 0.29) is 63.3 Å². The predicted octanol–water partition coefficient (Wildman–Crippen LogP) is 6.44. The van der Waals surface area contributed by atoms with E-state index in [0.717, 1.165) is 44.5 Å². The van der Waals surface area contributed by atoms with Crippen LogP contribution in [0.5, 0.6) is 0 Å². The number of nitrogens with one attached hydrogen (secondary N) is 4. The molecule has 2 saturated carbocycles. The Bertz CT molecular complexity index is 3660. The van der Waals surface area contributed by atoms with Crippen LogP contribution >= 0.6 is 0 Å². The normalized spacial score (nSPS) is 23.1. The summed E-state index contributed by atoms with van der Waals surface area (Å²) in [6, 6.07) is 26.0. The smallest absolute Gasteiger partial charge is 0.870 e. The van der Waals surface area contributed by atoms with Gasteiger partial charge in [0.1, 0.15) is 70.1 Å². The number of ether oxygens (including phenoxy) is 3. The first-order chi connectivity index (χ1) is 44.9. The van der Waals surface area contributed by atoms with Crippen molar-refractivity contribution in [3.05, 3.63) is 119 Å². The number of likely N-dealkylation sites (tertiary alicyclic amines) is 2. The fourth-order valence-electron chi connectivity index (χ4n) is 12.6. The summed E-state index contributed by atoms with van der Waals surface area (Å²) in [6.07, 6.45) is -10.0. The van der Waals surface area contributed by atoms with Crippen LogP contribution in [0.15, 0.2) is 107 Å². The van der Waals surface area contributed by atoms with Gasteiger partial charge in [0.25, 0.3) is 0 Å². The zero-order chi connectivity index (χ0) is 70.4. The van der Waals surface area contributed by atoms with E-state index in [1.807, 2.05) is 97.1 Å². The Morgan fingerprint density at radius 2 is 0.837 bits per heavy atom. The molecule has 4 aromatic carbocycles. The van der Waals surface area contributed by atoms with Crippen LogP contribution in [0.4, 0.5) is 27.2 Å². The van der Waals surface area contributed by atoms with Gasteiger partial charge >= 0.3 is 43.0 Å². The van der Waals surface area contributed by atoms with Crippen molar-refractivity contribution in [1.29, 1.82) is 0 Å². The molecule has 4 aliphatic carbocycles. The van der Waals surface area contributed by atoms with Crippen LogP contribution < -0.4 is 40.1 Å². The van der Waals surface area contributed by atoms with E-state index in [9.17, 15) is 61.0 Å². The van der Waals surface area contributed by atoms with Crippen molar-refractivity contribution in [1.82, 2.24) is 31.1 Å². The van der Waals surface area contributed by atoms with E-state index in [2.05, 4.69) is 31.6 Å². The van der Waals surface area contributed by atoms with E-state index in [4.69, 9.17) is 23.9 Å². The first-order valence-electron chi connectivity index (χ1n) is 32.0. The van der Waals surface area contributed by atoms with Gasteiger partial charge in [-0.2, -0.15) is 0 Å². The molecule has 0 spiro atoms. The maximum absolute atomic E-state index is 14.3. The third kappa shape index (κ3) is 16.6. The van der Waals surface area contributed by atoms with Gasteiger partial charge in [0.2, 0.25) is 36.5 Å². The maximum Gasteiger partial charge on any atom is 1.00 e. The largest absolute Gasteiger partial charge is 1.00 e. The number of amides is 6. The SMILES string of the molecule is CC(C)(C)OC(=O)N[C@H](C(=O)N1C[C@H](ON=C2c3ccccc3-c3ccccc32)C[C@H]1C(=O)N[C@]1(C(=O)O)C[C@H]1C(F)F)C(C)(C)C.CCOC(=O)[C@@]1(NC(=O)[C@@H]2C[C@@H](ON=C3c4ccccc4-c4ccccc43)CN2C(=O)[C@@H](NC(=O)OC(C)(C)C)C(C)(C)C)C[C@H]1C(F)F.[Li+].[OH-]. The van der Waals surface area contributed by atoms with E-state index >= 15 is 0 Å². The van der Waals surface area contributed by atoms with Gasteiger partial charge in [-0.3, -0.25) is 19.2 Å². The number of alkyl carbamates (subject to hydrolysis) is 2. The van der Waals surface area contributed by atoms with Crippen LogP contribution in [0.1, 0.15) is 138 Å².